The maximum atomic E-state index is 2.34. The van der Waals surface area contributed by atoms with Crippen LogP contribution in [0.3, 0.4) is 0 Å². The van der Waals surface area contributed by atoms with E-state index in [1.54, 1.807) is 5.57 Å². The van der Waals surface area contributed by atoms with Crippen LogP contribution in [0.25, 0.3) is 0 Å². The van der Waals surface area contributed by atoms with Gasteiger partial charge in [0.1, 0.15) is 0 Å². The van der Waals surface area contributed by atoms with Crippen LogP contribution in [0.5, 0.6) is 0 Å². The van der Waals surface area contributed by atoms with Gasteiger partial charge in [-0.05, 0) is 24.7 Å². The van der Waals surface area contributed by atoms with Gasteiger partial charge >= 0.3 is 0 Å². The fourth-order valence-electron chi connectivity index (χ4n) is 1.95. The topological polar surface area (TPSA) is 0 Å². The third-order valence-corrected chi connectivity index (χ3v) is 2.67. The summed E-state index contributed by atoms with van der Waals surface area (Å²) in [5, 5.41) is 0. The van der Waals surface area contributed by atoms with Gasteiger partial charge < -0.3 is 0 Å². The number of hydrogen-bond donors (Lipinski definition) is 0. The molecule has 9 heavy (non-hydrogen) atoms. The first-order valence-corrected chi connectivity index (χ1v) is 3.65. The van der Waals surface area contributed by atoms with Gasteiger partial charge in [-0.3, -0.25) is 0 Å². The minimum Gasteiger partial charge on any atom is -0.0805 e. The first kappa shape index (κ1) is 5.28. The van der Waals surface area contributed by atoms with E-state index < -0.39 is 0 Å². The minimum atomic E-state index is 0.898. The van der Waals surface area contributed by atoms with Crippen molar-refractivity contribution in [3.8, 4) is 0 Å². The molecule has 48 valence electrons. The minimum absolute atomic E-state index is 0.898. The Hall–Kier alpha value is -0.520. The molecule has 0 saturated heterocycles. The molecule has 0 heteroatoms. The normalized spacial score (nSPS) is 46.0. The van der Waals surface area contributed by atoms with Crippen molar-refractivity contribution in [1.29, 1.82) is 0 Å². The predicted molar refractivity (Wildman–Crippen MR) is 39.0 cm³/mol. The summed E-state index contributed by atoms with van der Waals surface area (Å²) in [6.45, 7) is 4.58. The molecule has 2 aliphatic rings. The molecule has 0 spiro atoms. The maximum Gasteiger partial charge on any atom is -0.0105 e. The van der Waals surface area contributed by atoms with Crippen molar-refractivity contribution >= 4 is 0 Å². The number of fused-ring (bicyclic) bond motifs is 1. The SMILES string of the molecule is CC1=CC=CC2C(C)C12. The van der Waals surface area contributed by atoms with Crippen LogP contribution >= 0.6 is 0 Å². The fraction of sp³-hybridized carbons (Fsp3) is 0.556. The van der Waals surface area contributed by atoms with E-state index in [4.69, 9.17) is 0 Å². The Balaban J connectivity index is 2.28. The Kier molecular flexibility index (Phi) is 0.879. The van der Waals surface area contributed by atoms with Crippen molar-refractivity contribution in [2.75, 3.05) is 0 Å². The molecule has 0 heterocycles. The molecule has 0 bridgehead atoms. The Bertz CT molecular complexity index is 186. The highest BCUT2D eigenvalue weighted by molar-refractivity contribution is 5.30. The van der Waals surface area contributed by atoms with Crippen LogP contribution in [0, 0.1) is 17.8 Å². The summed E-state index contributed by atoms with van der Waals surface area (Å²) in [5.41, 5.74) is 1.58. The number of rotatable bonds is 0. The van der Waals surface area contributed by atoms with E-state index in [0.717, 1.165) is 17.8 Å². The summed E-state index contributed by atoms with van der Waals surface area (Å²) in [7, 11) is 0. The summed E-state index contributed by atoms with van der Waals surface area (Å²) in [5.74, 6) is 2.74. The third-order valence-electron chi connectivity index (χ3n) is 2.67. The smallest absolute Gasteiger partial charge is 0.0105 e. The molecule has 3 unspecified atom stereocenters. The van der Waals surface area contributed by atoms with E-state index in [1.165, 1.54) is 0 Å². The van der Waals surface area contributed by atoms with E-state index in [2.05, 4.69) is 32.1 Å². The molecule has 0 nitrogen and oxygen atoms in total. The summed E-state index contributed by atoms with van der Waals surface area (Å²) >= 11 is 0. The van der Waals surface area contributed by atoms with Crippen LogP contribution in [-0.2, 0) is 0 Å². The second-order valence-corrected chi connectivity index (χ2v) is 3.26. The highest BCUT2D eigenvalue weighted by Gasteiger charge is 2.46. The molecule has 0 aromatic carbocycles. The van der Waals surface area contributed by atoms with Gasteiger partial charge in [-0.2, -0.15) is 0 Å². The van der Waals surface area contributed by atoms with Gasteiger partial charge in [0, 0.05) is 0 Å². The predicted octanol–water partition coefficient (Wildman–Crippen LogP) is 2.38. The Morgan fingerprint density at radius 1 is 1.44 bits per heavy atom. The lowest BCUT2D eigenvalue weighted by atomic mass is 10.1. The fourth-order valence-corrected chi connectivity index (χ4v) is 1.95. The highest BCUT2D eigenvalue weighted by atomic mass is 14.5. The average molecular weight is 120 g/mol. The lowest BCUT2D eigenvalue weighted by molar-refractivity contribution is 0.856. The van der Waals surface area contributed by atoms with Gasteiger partial charge in [-0.25, -0.2) is 0 Å². The van der Waals surface area contributed by atoms with E-state index >= 15 is 0 Å². The van der Waals surface area contributed by atoms with Gasteiger partial charge in [0.2, 0.25) is 0 Å². The largest absolute Gasteiger partial charge is 0.0805 e. The second-order valence-electron chi connectivity index (χ2n) is 3.26. The molecule has 0 aromatic rings. The van der Waals surface area contributed by atoms with Crippen LogP contribution in [0.1, 0.15) is 13.8 Å². The summed E-state index contributed by atoms with van der Waals surface area (Å²) < 4.78 is 0. The summed E-state index contributed by atoms with van der Waals surface area (Å²) in [6.07, 6.45) is 6.77. The lowest BCUT2D eigenvalue weighted by Gasteiger charge is -1.98. The van der Waals surface area contributed by atoms with Crippen molar-refractivity contribution in [3.05, 3.63) is 23.8 Å². The van der Waals surface area contributed by atoms with Crippen LogP contribution in [-0.4, -0.2) is 0 Å². The molecule has 0 N–H and O–H groups in total. The Labute approximate surface area is 56.3 Å². The van der Waals surface area contributed by atoms with Crippen molar-refractivity contribution < 1.29 is 0 Å². The van der Waals surface area contributed by atoms with Gasteiger partial charge in [-0.1, -0.05) is 30.7 Å². The zero-order valence-electron chi connectivity index (χ0n) is 5.96. The first-order chi connectivity index (χ1) is 4.30. The van der Waals surface area contributed by atoms with E-state index in [1.807, 2.05) is 0 Å². The molecule has 0 radical (unpaired) electrons. The highest BCUT2D eigenvalue weighted by Crippen LogP contribution is 2.52. The molecule has 0 aromatic heterocycles. The summed E-state index contributed by atoms with van der Waals surface area (Å²) in [4.78, 5) is 0. The first-order valence-electron chi connectivity index (χ1n) is 3.65. The standard InChI is InChI=1S/C9H12/c1-6-4-3-5-8-7(2)9(6)8/h3-5,7-9H,1-2H3. The maximum absolute atomic E-state index is 2.34. The van der Waals surface area contributed by atoms with Crippen molar-refractivity contribution in [2.24, 2.45) is 17.8 Å². The Morgan fingerprint density at radius 3 is 2.78 bits per heavy atom. The molecule has 3 atom stereocenters. The number of allylic oxidation sites excluding steroid dienone is 4. The zero-order valence-corrected chi connectivity index (χ0v) is 5.96. The molecule has 2 aliphatic carbocycles. The van der Waals surface area contributed by atoms with Gasteiger partial charge in [0.05, 0.1) is 0 Å². The monoisotopic (exact) mass is 120 g/mol. The summed E-state index contributed by atoms with van der Waals surface area (Å²) in [6, 6.07) is 0. The van der Waals surface area contributed by atoms with Crippen LogP contribution in [0.4, 0.5) is 0 Å². The molecular weight excluding hydrogens is 108 g/mol. The Morgan fingerprint density at radius 2 is 2.22 bits per heavy atom. The van der Waals surface area contributed by atoms with E-state index in [9.17, 15) is 0 Å². The average Bonchev–Trinajstić information content (AvgIpc) is 2.45. The van der Waals surface area contributed by atoms with Gasteiger partial charge in [-0.15, -0.1) is 0 Å². The zero-order chi connectivity index (χ0) is 6.43. The van der Waals surface area contributed by atoms with Crippen LogP contribution in [0.2, 0.25) is 0 Å². The molecule has 0 amide bonds. The van der Waals surface area contributed by atoms with Crippen molar-refractivity contribution in [3.63, 3.8) is 0 Å². The molecule has 0 aliphatic heterocycles. The molecule has 1 fully saturated rings. The van der Waals surface area contributed by atoms with Crippen molar-refractivity contribution in [2.45, 2.75) is 13.8 Å². The van der Waals surface area contributed by atoms with E-state index in [-0.39, 0.29) is 0 Å². The molecule has 1 saturated carbocycles. The lowest BCUT2D eigenvalue weighted by Crippen LogP contribution is -1.85. The van der Waals surface area contributed by atoms with E-state index in [0.29, 0.717) is 0 Å². The third kappa shape index (κ3) is 0.592. The molecule has 2 rings (SSSR count). The van der Waals surface area contributed by atoms with Crippen LogP contribution < -0.4 is 0 Å². The van der Waals surface area contributed by atoms with Crippen molar-refractivity contribution in [1.82, 2.24) is 0 Å². The number of hydrogen-bond acceptors (Lipinski definition) is 0. The quantitative estimate of drug-likeness (QED) is 0.460. The van der Waals surface area contributed by atoms with Gasteiger partial charge in [0.25, 0.3) is 0 Å². The second kappa shape index (κ2) is 1.50. The van der Waals surface area contributed by atoms with Crippen LogP contribution in [0.15, 0.2) is 23.8 Å². The molecular formula is C9H12. The van der Waals surface area contributed by atoms with Gasteiger partial charge in [0.15, 0.2) is 0 Å².